The standard InChI is InChI=1S/C29H37N3O6/c1-15-10-11-29(17(3)13-16(2)27(38-29)18(4)26(33)20-7-6-12-31-20)37-22(15)14-23-32-25-21(36-23)9-8-19(30)24(25)28(34)35-5/h6-9,12,15-18,22,27,31H,10-11,13-14,30H2,1-5H3. The summed E-state index contributed by atoms with van der Waals surface area (Å²) in [6.45, 7) is 8.42. The number of carbonyl (C=O) groups excluding carboxylic acids is 2. The second-order valence-corrected chi connectivity index (χ2v) is 11.1. The molecule has 0 amide bonds. The highest BCUT2D eigenvalue weighted by Gasteiger charge is 2.52. The van der Waals surface area contributed by atoms with Crippen molar-refractivity contribution in [1.82, 2.24) is 9.97 Å². The molecule has 204 valence electrons. The molecule has 3 aromatic rings. The number of nitrogens with two attached hydrogens (primary N) is 1. The lowest BCUT2D eigenvalue weighted by Crippen LogP contribution is -2.58. The maximum atomic E-state index is 13.2. The Morgan fingerprint density at radius 2 is 2.00 bits per heavy atom. The van der Waals surface area contributed by atoms with Crippen LogP contribution < -0.4 is 5.73 Å². The van der Waals surface area contributed by atoms with Gasteiger partial charge >= 0.3 is 5.97 Å². The van der Waals surface area contributed by atoms with Gasteiger partial charge in [0.2, 0.25) is 0 Å². The van der Waals surface area contributed by atoms with Crippen molar-refractivity contribution in [3.8, 4) is 0 Å². The van der Waals surface area contributed by atoms with Gasteiger partial charge < -0.3 is 29.3 Å². The maximum absolute atomic E-state index is 13.2. The lowest BCUT2D eigenvalue weighted by Gasteiger charge is -2.53. The summed E-state index contributed by atoms with van der Waals surface area (Å²) in [5.41, 5.74) is 7.99. The molecule has 38 heavy (non-hydrogen) atoms. The van der Waals surface area contributed by atoms with Crippen LogP contribution in [0.4, 0.5) is 5.69 Å². The number of anilines is 1. The van der Waals surface area contributed by atoms with Crippen LogP contribution >= 0.6 is 0 Å². The van der Waals surface area contributed by atoms with E-state index in [4.69, 9.17) is 24.4 Å². The van der Waals surface area contributed by atoms with Crippen LogP contribution in [0.5, 0.6) is 0 Å². The Hall–Kier alpha value is -3.17. The number of benzene rings is 1. The Bertz CT molecular complexity index is 1320. The normalized spacial score (nSPS) is 30.4. The molecule has 7 unspecified atom stereocenters. The Morgan fingerprint density at radius 1 is 1.21 bits per heavy atom. The number of fused-ring (bicyclic) bond motifs is 1. The van der Waals surface area contributed by atoms with E-state index in [9.17, 15) is 9.59 Å². The molecule has 9 nitrogen and oxygen atoms in total. The van der Waals surface area contributed by atoms with E-state index in [0.29, 0.717) is 29.1 Å². The summed E-state index contributed by atoms with van der Waals surface area (Å²) in [5.74, 6) is -0.525. The molecule has 2 aliphatic heterocycles. The zero-order valence-electron chi connectivity index (χ0n) is 22.7. The number of aromatic amines is 1. The molecular weight excluding hydrogens is 486 g/mol. The Labute approximate surface area is 222 Å². The first-order valence-electron chi connectivity index (χ1n) is 13.4. The van der Waals surface area contributed by atoms with Crippen molar-refractivity contribution in [1.29, 1.82) is 0 Å². The molecular formula is C29H37N3O6. The van der Waals surface area contributed by atoms with Gasteiger partial charge in [-0.15, -0.1) is 0 Å². The van der Waals surface area contributed by atoms with Crippen LogP contribution in [-0.4, -0.2) is 46.8 Å². The number of nitrogens with zero attached hydrogens (tertiary/aromatic N) is 1. The molecule has 0 bridgehead atoms. The first kappa shape index (κ1) is 26.4. The molecule has 0 aliphatic carbocycles. The van der Waals surface area contributed by atoms with Crippen molar-refractivity contribution in [3.63, 3.8) is 0 Å². The molecule has 2 saturated heterocycles. The van der Waals surface area contributed by atoms with Gasteiger partial charge in [-0.3, -0.25) is 4.79 Å². The number of ether oxygens (including phenoxy) is 3. The average Bonchev–Trinajstić information content (AvgIpc) is 3.57. The Kier molecular flexibility index (Phi) is 7.09. The predicted octanol–water partition coefficient (Wildman–Crippen LogP) is 5.16. The number of hydrogen-bond acceptors (Lipinski definition) is 8. The van der Waals surface area contributed by atoms with Crippen molar-refractivity contribution < 1.29 is 28.2 Å². The quantitative estimate of drug-likeness (QED) is 0.257. The van der Waals surface area contributed by atoms with Crippen LogP contribution in [0.15, 0.2) is 34.9 Å². The molecule has 4 heterocycles. The SMILES string of the molecule is COC(=O)c1c(N)ccc2oc(CC3OC4(CCC3C)OC(C(C)C(=O)c3ccc[nH]3)C(C)CC4C)nc12. The van der Waals surface area contributed by atoms with Crippen molar-refractivity contribution in [2.75, 3.05) is 12.8 Å². The van der Waals surface area contributed by atoms with E-state index in [1.54, 1.807) is 24.4 Å². The zero-order chi connectivity index (χ0) is 27.2. The maximum Gasteiger partial charge on any atom is 0.342 e. The van der Waals surface area contributed by atoms with Crippen LogP contribution in [0.2, 0.25) is 0 Å². The fraction of sp³-hybridized carbons (Fsp3) is 0.552. The topological polar surface area (TPSA) is 130 Å². The summed E-state index contributed by atoms with van der Waals surface area (Å²) in [7, 11) is 1.31. The first-order valence-corrected chi connectivity index (χ1v) is 13.4. The summed E-state index contributed by atoms with van der Waals surface area (Å²) in [4.78, 5) is 33.1. The van der Waals surface area contributed by atoms with Gasteiger partial charge in [0.05, 0.1) is 31.4 Å². The van der Waals surface area contributed by atoms with E-state index in [2.05, 4.69) is 30.7 Å². The fourth-order valence-electron chi connectivity index (χ4n) is 6.18. The molecule has 0 radical (unpaired) electrons. The summed E-state index contributed by atoms with van der Waals surface area (Å²) in [6, 6.07) is 6.96. The third-order valence-electron chi connectivity index (χ3n) is 8.48. The summed E-state index contributed by atoms with van der Waals surface area (Å²) >= 11 is 0. The lowest BCUT2D eigenvalue weighted by atomic mass is 9.75. The van der Waals surface area contributed by atoms with Crippen molar-refractivity contribution in [2.24, 2.45) is 23.7 Å². The van der Waals surface area contributed by atoms with Gasteiger partial charge in [-0.2, -0.15) is 0 Å². The van der Waals surface area contributed by atoms with Crippen LogP contribution in [-0.2, 0) is 20.6 Å². The first-order chi connectivity index (χ1) is 18.1. The molecule has 5 rings (SSSR count). The molecule has 0 saturated carbocycles. The van der Waals surface area contributed by atoms with Gasteiger partial charge in [-0.1, -0.05) is 27.7 Å². The molecule has 2 fully saturated rings. The van der Waals surface area contributed by atoms with E-state index in [0.717, 1.165) is 19.3 Å². The Balaban J connectivity index is 1.38. The number of nitrogen functional groups attached to an aromatic ring is 1. The fourth-order valence-corrected chi connectivity index (χ4v) is 6.18. The number of rotatable bonds is 6. The van der Waals surface area contributed by atoms with Gasteiger partial charge in [0, 0.05) is 30.1 Å². The van der Waals surface area contributed by atoms with E-state index in [1.165, 1.54) is 7.11 Å². The predicted molar refractivity (Wildman–Crippen MR) is 142 cm³/mol. The third-order valence-corrected chi connectivity index (χ3v) is 8.48. The number of nitrogens with one attached hydrogen (secondary N) is 1. The molecule has 2 aromatic heterocycles. The van der Waals surface area contributed by atoms with Gasteiger partial charge in [-0.25, -0.2) is 9.78 Å². The van der Waals surface area contributed by atoms with Crippen molar-refractivity contribution in [2.45, 2.75) is 71.4 Å². The molecule has 7 atom stereocenters. The van der Waals surface area contributed by atoms with Crippen LogP contribution in [0, 0.1) is 23.7 Å². The van der Waals surface area contributed by atoms with Gasteiger partial charge in [0.15, 0.2) is 23.0 Å². The summed E-state index contributed by atoms with van der Waals surface area (Å²) in [6.07, 6.45) is 4.29. The lowest BCUT2D eigenvalue weighted by molar-refractivity contribution is -0.355. The molecule has 2 aliphatic rings. The number of carbonyl (C=O) groups is 2. The molecule has 9 heteroatoms. The van der Waals surface area contributed by atoms with Crippen LogP contribution in [0.1, 0.15) is 73.7 Å². The summed E-state index contributed by atoms with van der Waals surface area (Å²) < 4.78 is 24.5. The minimum absolute atomic E-state index is 0.0458. The smallest absolute Gasteiger partial charge is 0.342 e. The average molecular weight is 524 g/mol. The van der Waals surface area contributed by atoms with Crippen molar-refractivity contribution in [3.05, 3.63) is 47.6 Å². The van der Waals surface area contributed by atoms with E-state index >= 15 is 0 Å². The van der Waals surface area contributed by atoms with Gasteiger partial charge in [0.25, 0.3) is 0 Å². The number of methoxy groups -OCH3 is 1. The molecule has 1 spiro atoms. The molecule has 1 aromatic carbocycles. The van der Waals surface area contributed by atoms with Crippen LogP contribution in [0.25, 0.3) is 11.1 Å². The highest BCUT2D eigenvalue weighted by atomic mass is 16.7. The number of Topliss-reactive ketones (excluding diaryl/α,β-unsaturated/α-hetero) is 1. The van der Waals surface area contributed by atoms with E-state index in [1.807, 2.05) is 13.0 Å². The van der Waals surface area contributed by atoms with E-state index in [-0.39, 0.29) is 52.9 Å². The highest BCUT2D eigenvalue weighted by molar-refractivity contribution is 6.06. The number of H-pyrrole nitrogens is 1. The Morgan fingerprint density at radius 3 is 2.71 bits per heavy atom. The largest absolute Gasteiger partial charge is 0.465 e. The number of ketones is 1. The monoisotopic (exact) mass is 523 g/mol. The van der Waals surface area contributed by atoms with Crippen LogP contribution in [0.3, 0.4) is 0 Å². The number of aromatic nitrogens is 2. The minimum Gasteiger partial charge on any atom is -0.465 e. The third kappa shape index (κ3) is 4.62. The second kappa shape index (κ2) is 10.2. The minimum atomic E-state index is -0.785. The number of esters is 1. The van der Waals surface area contributed by atoms with Gasteiger partial charge in [-0.05, 0) is 48.9 Å². The van der Waals surface area contributed by atoms with Crippen molar-refractivity contribution >= 4 is 28.5 Å². The summed E-state index contributed by atoms with van der Waals surface area (Å²) in [5, 5.41) is 0. The number of oxazole rings is 1. The highest BCUT2D eigenvalue weighted by Crippen LogP contribution is 2.48. The zero-order valence-corrected chi connectivity index (χ0v) is 22.7. The van der Waals surface area contributed by atoms with E-state index < -0.39 is 11.8 Å². The second-order valence-electron chi connectivity index (χ2n) is 11.1. The molecule has 3 N–H and O–H groups in total. The van der Waals surface area contributed by atoms with Gasteiger partial charge in [0.1, 0.15) is 11.1 Å². The number of hydrogen-bond donors (Lipinski definition) is 2.